The predicted molar refractivity (Wildman–Crippen MR) is 87.4 cm³/mol. The molecule has 2 rings (SSSR count). The van der Waals surface area contributed by atoms with Gasteiger partial charge < -0.3 is 9.47 Å². The maximum Gasteiger partial charge on any atom is 0.343 e. The number of rotatable bonds is 6. The molecular formula is C19H16F2O4. The van der Waals surface area contributed by atoms with E-state index in [2.05, 4.69) is 0 Å². The molecular weight excluding hydrogens is 330 g/mol. The molecule has 0 radical (unpaired) electrons. The van der Waals surface area contributed by atoms with Crippen molar-refractivity contribution in [3.63, 3.8) is 0 Å². The lowest BCUT2D eigenvalue weighted by atomic mass is 10.2. The summed E-state index contributed by atoms with van der Waals surface area (Å²) in [7, 11) is 0. The fraction of sp³-hybridized carbons (Fsp3) is 0.158. The maximum atomic E-state index is 13.1. The van der Waals surface area contributed by atoms with Crippen LogP contribution < -0.4 is 9.47 Å². The van der Waals surface area contributed by atoms with E-state index in [0.29, 0.717) is 0 Å². The van der Waals surface area contributed by atoms with Crippen molar-refractivity contribution >= 4 is 11.9 Å². The summed E-state index contributed by atoms with van der Waals surface area (Å²) in [4.78, 5) is 23.5. The van der Waals surface area contributed by atoms with E-state index in [1.54, 1.807) is 6.08 Å². The van der Waals surface area contributed by atoms with Crippen molar-refractivity contribution in [3.05, 3.63) is 71.8 Å². The van der Waals surface area contributed by atoms with Crippen LogP contribution in [0.1, 0.15) is 30.1 Å². The van der Waals surface area contributed by atoms with Crippen molar-refractivity contribution in [1.29, 1.82) is 0 Å². The maximum absolute atomic E-state index is 13.1. The molecule has 0 amide bonds. The minimum atomic E-state index is -1.11. The summed E-state index contributed by atoms with van der Waals surface area (Å²) in [6.45, 7) is 1.99. The highest BCUT2D eigenvalue weighted by Gasteiger charge is 2.11. The van der Waals surface area contributed by atoms with Crippen LogP contribution in [0.4, 0.5) is 8.78 Å². The lowest BCUT2D eigenvalue weighted by Gasteiger charge is -2.06. The number of carbonyl (C=O) groups is 2. The second-order valence-electron chi connectivity index (χ2n) is 5.10. The smallest absolute Gasteiger partial charge is 0.343 e. The van der Waals surface area contributed by atoms with Crippen LogP contribution in [0, 0.1) is 11.6 Å². The molecule has 2 aromatic rings. The van der Waals surface area contributed by atoms with E-state index in [0.717, 1.165) is 31.0 Å². The summed E-state index contributed by atoms with van der Waals surface area (Å²) < 4.78 is 36.0. The molecule has 0 spiro atoms. The SMILES string of the molecule is CCCC=CC(=O)Oc1ccc(C(=O)Oc2ccc(F)c(F)c2)cc1. The highest BCUT2D eigenvalue weighted by Crippen LogP contribution is 2.18. The number of hydrogen-bond acceptors (Lipinski definition) is 4. The van der Waals surface area contributed by atoms with Gasteiger partial charge in [0.25, 0.3) is 0 Å². The van der Waals surface area contributed by atoms with Crippen molar-refractivity contribution in [2.75, 3.05) is 0 Å². The van der Waals surface area contributed by atoms with Gasteiger partial charge in [-0.15, -0.1) is 0 Å². The van der Waals surface area contributed by atoms with Crippen LogP contribution in [0.15, 0.2) is 54.6 Å². The van der Waals surface area contributed by atoms with Crippen LogP contribution in [0.3, 0.4) is 0 Å². The fourth-order valence-electron chi connectivity index (χ4n) is 1.86. The molecule has 0 unspecified atom stereocenters. The van der Waals surface area contributed by atoms with Gasteiger partial charge in [-0.3, -0.25) is 0 Å². The van der Waals surface area contributed by atoms with E-state index in [1.807, 2.05) is 6.92 Å². The molecule has 6 heteroatoms. The third-order valence-electron chi connectivity index (χ3n) is 3.12. The van der Waals surface area contributed by atoms with E-state index in [4.69, 9.17) is 9.47 Å². The second kappa shape index (κ2) is 8.73. The Morgan fingerprint density at radius 1 is 0.960 bits per heavy atom. The molecule has 0 aromatic heterocycles. The van der Waals surface area contributed by atoms with Crippen molar-refractivity contribution in [1.82, 2.24) is 0 Å². The minimum Gasteiger partial charge on any atom is -0.423 e. The first-order valence-corrected chi connectivity index (χ1v) is 7.65. The Labute approximate surface area is 143 Å². The van der Waals surface area contributed by atoms with Gasteiger partial charge in [0.1, 0.15) is 11.5 Å². The summed E-state index contributed by atoms with van der Waals surface area (Å²) in [6.07, 6.45) is 4.77. The van der Waals surface area contributed by atoms with Crippen molar-refractivity contribution in [2.24, 2.45) is 0 Å². The first-order valence-electron chi connectivity index (χ1n) is 7.65. The fourth-order valence-corrected chi connectivity index (χ4v) is 1.86. The zero-order valence-electron chi connectivity index (χ0n) is 13.5. The average molecular weight is 346 g/mol. The molecule has 0 saturated carbocycles. The molecule has 25 heavy (non-hydrogen) atoms. The Morgan fingerprint density at radius 3 is 2.28 bits per heavy atom. The Kier molecular flexibility index (Phi) is 6.39. The summed E-state index contributed by atoms with van der Waals surface area (Å²) >= 11 is 0. The van der Waals surface area contributed by atoms with Gasteiger partial charge in [0.2, 0.25) is 0 Å². The van der Waals surface area contributed by atoms with Gasteiger partial charge in [0.05, 0.1) is 5.56 Å². The number of esters is 2. The molecule has 0 aliphatic rings. The van der Waals surface area contributed by atoms with E-state index in [-0.39, 0.29) is 17.1 Å². The summed E-state index contributed by atoms with van der Waals surface area (Å²) in [5.41, 5.74) is 0.172. The molecule has 0 N–H and O–H groups in total. The Hall–Kier alpha value is -3.02. The van der Waals surface area contributed by atoms with Crippen LogP contribution >= 0.6 is 0 Å². The van der Waals surface area contributed by atoms with Gasteiger partial charge in [-0.1, -0.05) is 19.4 Å². The van der Waals surface area contributed by atoms with Gasteiger partial charge in [-0.05, 0) is 42.8 Å². The van der Waals surface area contributed by atoms with E-state index < -0.39 is 23.6 Å². The summed E-state index contributed by atoms with van der Waals surface area (Å²) in [5, 5.41) is 0. The van der Waals surface area contributed by atoms with Crippen LogP contribution in [0.2, 0.25) is 0 Å². The molecule has 0 heterocycles. The molecule has 4 nitrogen and oxygen atoms in total. The number of benzene rings is 2. The molecule has 0 fully saturated rings. The van der Waals surface area contributed by atoms with Gasteiger partial charge in [0, 0.05) is 12.1 Å². The number of hydrogen-bond donors (Lipinski definition) is 0. The molecule has 0 aliphatic carbocycles. The van der Waals surface area contributed by atoms with Gasteiger partial charge >= 0.3 is 11.9 Å². The quantitative estimate of drug-likeness (QED) is 0.441. The molecule has 0 saturated heterocycles. The zero-order valence-corrected chi connectivity index (χ0v) is 13.5. The topological polar surface area (TPSA) is 52.6 Å². The van der Waals surface area contributed by atoms with E-state index in [9.17, 15) is 18.4 Å². The Bertz CT molecular complexity index is 783. The normalized spacial score (nSPS) is 10.7. The lowest BCUT2D eigenvalue weighted by Crippen LogP contribution is -2.09. The predicted octanol–water partition coefficient (Wildman–Crippen LogP) is 4.45. The van der Waals surface area contributed by atoms with E-state index >= 15 is 0 Å². The number of ether oxygens (including phenoxy) is 2. The monoisotopic (exact) mass is 346 g/mol. The minimum absolute atomic E-state index is 0.111. The summed E-state index contributed by atoms with van der Waals surface area (Å²) in [6, 6.07) is 8.48. The highest BCUT2D eigenvalue weighted by molar-refractivity contribution is 5.91. The van der Waals surface area contributed by atoms with E-state index in [1.165, 1.54) is 30.3 Å². The van der Waals surface area contributed by atoms with Gasteiger partial charge in [-0.2, -0.15) is 0 Å². The van der Waals surface area contributed by atoms with Crippen LogP contribution in [-0.2, 0) is 4.79 Å². The van der Waals surface area contributed by atoms with Crippen LogP contribution in [-0.4, -0.2) is 11.9 Å². The number of carbonyl (C=O) groups excluding carboxylic acids is 2. The van der Waals surface area contributed by atoms with Crippen LogP contribution in [0.5, 0.6) is 11.5 Å². The first-order chi connectivity index (χ1) is 12.0. The largest absolute Gasteiger partial charge is 0.423 e. The highest BCUT2D eigenvalue weighted by atomic mass is 19.2. The molecule has 2 aromatic carbocycles. The van der Waals surface area contributed by atoms with Gasteiger partial charge in [0.15, 0.2) is 11.6 Å². The standard InChI is InChI=1S/C19H16F2O4/c1-2-3-4-5-18(22)24-14-8-6-13(7-9-14)19(23)25-15-10-11-16(20)17(21)12-15/h4-12H,2-3H2,1H3. The molecule has 130 valence electrons. The molecule has 0 bridgehead atoms. The number of allylic oxidation sites excluding steroid dienone is 1. The van der Waals surface area contributed by atoms with Crippen LogP contribution in [0.25, 0.3) is 0 Å². The lowest BCUT2D eigenvalue weighted by molar-refractivity contribution is -0.129. The number of halogens is 2. The van der Waals surface area contributed by atoms with Crippen molar-refractivity contribution in [3.8, 4) is 11.5 Å². The third-order valence-corrected chi connectivity index (χ3v) is 3.12. The zero-order chi connectivity index (χ0) is 18.2. The number of unbranched alkanes of at least 4 members (excludes halogenated alkanes) is 1. The molecule has 0 aliphatic heterocycles. The van der Waals surface area contributed by atoms with Gasteiger partial charge in [-0.25, -0.2) is 18.4 Å². The first kappa shape index (κ1) is 18.3. The Morgan fingerprint density at radius 2 is 1.64 bits per heavy atom. The van der Waals surface area contributed by atoms with Crippen molar-refractivity contribution < 1.29 is 27.8 Å². The summed E-state index contributed by atoms with van der Waals surface area (Å²) in [5.74, 6) is -3.23. The average Bonchev–Trinajstić information content (AvgIpc) is 2.59. The van der Waals surface area contributed by atoms with Crippen molar-refractivity contribution in [2.45, 2.75) is 19.8 Å². The third kappa shape index (κ3) is 5.53. The Balaban J connectivity index is 1.97. The second-order valence-corrected chi connectivity index (χ2v) is 5.10. The molecule has 0 atom stereocenters.